The molecule has 2 saturated heterocycles. The molecule has 2 aromatic rings. The number of carbonyl (C=O) groups is 13. The van der Waals surface area contributed by atoms with Crippen molar-refractivity contribution in [1.82, 2.24) is 52.3 Å². The number of nitrogens with zero attached hydrogens (tertiary/aromatic N) is 3. The van der Waals surface area contributed by atoms with Gasteiger partial charge in [-0.2, -0.15) is 11.8 Å². The molecule has 31 nitrogen and oxygen atoms in total. The zero-order valence-electron chi connectivity index (χ0n) is 54.5. The molecule has 0 unspecified atom stereocenters. The van der Waals surface area contributed by atoms with E-state index in [4.69, 9.17) is 40.1 Å². The molecular formula is C63H98N18O13S. The first-order chi connectivity index (χ1) is 45.2. The van der Waals surface area contributed by atoms with Crippen LogP contribution in [0.3, 0.4) is 0 Å². The van der Waals surface area contributed by atoms with Gasteiger partial charge in [0.15, 0.2) is 5.96 Å². The van der Waals surface area contributed by atoms with Gasteiger partial charge in [0, 0.05) is 45.3 Å². The minimum atomic E-state index is -1.64. The zero-order chi connectivity index (χ0) is 70.1. The zero-order valence-corrected chi connectivity index (χ0v) is 55.3. The van der Waals surface area contributed by atoms with E-state index in [2.05, 4.69) is 47.5 Å². The highest BCUT2D eigenvalue weighted by molar-refractivity contribution is 7.98. The summed E-state index contributed by atoms with van der Waals surface area (Å²) in [5.74, 6) is -9.80. The number of thioether (sulfide) groups is 1. The molecule has 2 fully saturated rings. The summed E-state index contributed by atoms with van der Waals surface area (Å²) in [6.07, 6.45) is 3.12. The van der Waals surface area contributed by atoms with Crippen LogP contribution in [0.2, 0.25) is 0 Å². The van der Waals surface area contributed by atoms with E-state index in [0.29, 0.717) is 55.4 Å². The van der Waals surface area contributed by atoms with Crippen molar-refractivity contribution in [3.05, 3.63) is 71.8 Å². The van der Waals surface area contributed by atoms with E-state index in [-0.39, 0.29) is 83.0 Å². The van der Waals surface area contributed by atoms with Crippen LogP contribution in [0.15, 0.2) is 65.7 Å². The van der Waals surface area contributed by atoms with Crippen LogP contribution in [0.25, 0.3) is 0 Å². The van der Waals surface area contributed by atoms with E-state index in [1.54, 1.807) is 60.7 Å². The molecule has 0 bridgehead atoms. The summed E-state index contributed by atoms with van der Waals surface area (Å²) in [6.45, 7) is 3.86. The lowest BCUT2D eigenvalue weighted by Crippen LogP contribution is -2.60. The molecule has 22 N–H and O–H groups in total. The summed E-state index contributed by atoms with van der Waals surface area (Å²) >= 11 is 1.45. The maximum absolute atomic E-state index is 14.7. The molecule has 0 aliphatic carbocycles. The molecule has 524 valence electrons. The summed E-state index contributed by atoms with van der Waals surface area (Å²) in [6, 6.07) is 4.51. The number of benzene rings is 2. The number of nitrogens with two attached hydrogens (primary N) is 7. The molecule has 0 aromatic heterocycles. The van der Waals surface area contributed by atoms with E-state index in [1.165, 1.54) is 21.6 Å². The normalized spacial score (nSPS) is 16.8. The van der Waals surface area contributed by atoms with Crippen LogP contribution < -0.4 is 82.7 Å². The first-order valence-corrected chi connectivity index (χ1v) is 33.6. The van der Waals surface area contributed by atoms with Crippen LogP contribution in [0.4, 0.5) is 0 Å². The molecule has 2 heterocycles. The summed E-state index contributed by atoms with van der Waals surface area (Å²) in [4.78, 5) is 185. The Morgan fingerprint density at radius 3 is 1.51 bits per heavy atom. The topological polar surface area (TPSA) is 519 Å². The SMILES string of the molecule is CSCC[C@H](NC(=O)[C@@H](CC(C)C)NC(=O)CNC(=O)[C@H](Cc1ccccc1)NC(=O)[C@@H](Cc1ccccc1)NC(=O)[C@H](CCC(N)=O)NC(=O)[C@H](CCC(N)=O)NC(=O)[C@H]1CCCN1C(=O)[C@@H](CCCCN)NC(=O)[C@@H]1CCCN1C(=O)[C@H](N)CCCN=C(N)N)C(N)=O. The van der Waals surface area contributed by atoms with Crippen molar-refractivity contribution in [2.75, 3.05) is 44.7 Å². The standard InChI is InChI=1S/C63H98N18O13S/c1-37(2)33-45(57(89)74-41(53(68)85)27-32-95-3)73-52(84)36-72-54(86)46(34-38-15-6-4-7-16-38)78-58(90)47(35-39-17-8-5-9-18-39)79-56(88)42(23-25-50(66)82)75-55(87)43(24-26-51(67)83)76-59(91)49-22-14-31-81(49)62(94)44(20-10-11-28-64)77-60(92)48-21-13-30-80(48)61(93)40(65)19-12-29-71-63(69)70/h4-9,15-18,37,40-49H,10-14,19-36,64-65H2,1-3H3,(H2,66,82)(H2,67,83)(H2,68,85)(H,72,86)(H,73,84)(H,74,89)(H,75,87)(H,76,91)(H,77,92)(H,78,90)(H,79,88)(H4,69,70,71)/t40-,41+,42+,43+,44-,45-,46+,47-,48+,49-/m1/s1. The monoisotopic (exact) mass is 1350 g/mol. The molecule has 4 rings (SSSR count). The first kappa shape index (κ1) is 78.5. The Morgan fingerprint density at radius 2 is 1.01 bits per heavy atom. The second-order valence-electron chi connectivity index (χ2n) is 24.1. The first-order valence-electron chi connectivity index (χ1n) is 32.2. The van der Waals surface area contributed by atoms with E-state index in [0.717, 1.165) is 0 Å². The molecule has 10 atom stereocenters. The number of amides is 13. The Labute approximate surface area is 558 Å². The quantitative estimate of drug-likeness (QED) is 0.0173. The second kappa shape index (κ2) is 41.0. The molecule has 0 spiro atoms. The fraction of sp³-hybridized carbons (Fsp3) is 0.587. The number of nitrogens with one attached hydrogen (secondary N) is 8. The molecule has 32 heteroatoms. The summed E-state index contributed by atoms with van der Waals surface area (Å²) in [5, 5.41) is 21.1. The second-order valence-corrected chi connectivity index (χ2v) is 25.1. The molecule has 2 aliphatic rings. The number of hydrogen-bond acceptors (Lipinski definition) is 17. The van der Waals surface area contributed by atoms with Gasteiger partial charge in [-0.25, -0.2) is 0 Å². The lowest BCUT2D eigenvalue weighted by molar-refractivity contribution is -0.144. The Kier molecular flexibility index (Phi) is 33.9. The van der Waals surface area contributed by atoms with Gasteiger partial charge in [0.25, 0.3) is 0 Å². The van der Waals surface area contributed by atoms with Crippen LogP contribution in [-0.2, 0) is 75.2 Å². The summed E-state index contributed by atoms with van der Waals surface area (Å²) in [7, 11) is 0. The molecular weight excluding hydrogens is 1250 g/mol. The van der Waals surface area contributed by atoms with E-state index in [1.807, 2.05) is 20.1 Å². The predicted molar refractivity (Wildman–Crippen MR) is 356 cm³/mol. The number of guanidine groups is 1. The van der Waals surface area contributed by atoms with Gasteiger partial charge < -0.3 is 92.5 Å². The Balaban J connectivity index is 1.56. The number of rotatable bonds is 42. The Hall–Kier alpha value is -8.91. The van der Waals surface area contributed by atoms with Crippen LogP contribution >= 0.6 is 11.8 Å². The highest BCUT2D eigenvalue weighted by Gasteiger charge is 2.42. The number of likely N-dealkylation sites (tertiary alicyclic amines) is 2. The third-order valence-corrected chi connectivity index (χ3v) is 16.7. The molecule has 0 radical (unpaired) electrons. The van der Waals surface area contributed by atoms with Gasteiger partial charge in [0.1, 0.15) is 54.4 Å². The van der Waals surface area contributed by atoms with Crippen molar-refractivity contribution in [3.8, 4) is 0 Å². The molecule has 2 aromatic carbocycles. The average molecular weight is 1350 g/mol. The third kappa shape index (κ3) is 27.5. The highest BCUT2D eigenvalue weighted by atomic mass is 32.2. The maximum atomic E-state index is 14.7. The van der Waals surface area contributed by atoms with Gasteiger partial charge in [-0.1, -0.05) is 74.5 Å². The fourth-order valence-electron chi connectivity index (χ4n) is 11.0. The summed E-state index contributed by atoms with van der Waals surface area (Å²) < 4.78 is 0. The molecule has 2 aliphatic heterocycles. The fourth-order valence-corrected chi connectivity index (χ4v) is 11.5. The number of hydrogen-bond donors (Lipinski definition) is 15. The van der Waals surface area contributed by atoms with Gasteiger partial charge >= 0.3 is 0 Å². The van der Waals surface area contributed by atoms with Crippen LogP contribution in [-0.4, -0.2) is 198 Å². The average Bonchev–Trinajstić information content (AvgIpc) is 1.74. The maximum Gasteiger partial charge on any atom is 0.245 e. The van der Waals surface area contributed by atoms with Gasteiger partial charge in [-0.05, 0) is 119 Å². The molecule has 0 saturated carbocycles. The number of primary amides is 3. The molecule has 13 amide bonds. The van der Waals surface area contributed by atoms with E-state index < -0.39 is 169 Å². The smallest absolute Gasteiger partial charge is 0.245 e. The van der Waals surface area contributed by atoms with Gasteiger partial charge in [0.05, 0.1) is 12.6 Å². The van der Waals surface area contributed by atoms with Crippen molar-refractivity contribution in [1.29, 1.82) is 0 Å². The lowest BCUT2D eigenvalue weighted by Gasteiger charge is -2.32. The van der Waals surface area contributed by atoms with Crippen molar-refractivity contribution < 1.29 is 62.3 Å². The van der Waals surface area contributed by atoms with Crippen LogP contribution in [0.5, 0.6) is 0 Å². The van der Waals surface area contributed by atoms with Gasteiger partial charge in [0.2, 0.25) is 76.8 Å². The van der Waals surface area contributed by atoms with Crippen molar-refractivity contribution in [2.24, 2.45) is 51.0 Å². The Morgan fingerprint density at radius 1 is 0.537 bits per heavy atom. The lowest BCUT2D eigenvalue weighted by atomic mass is 10.0. The van der Waals surface area contributed by atoms with E-state index >= 15 is 0 Å². The highest BCUT2D eigenvalue weighted by Crippen LogP contribution is 2.24. The van der Waals surface area contributed by atoms with Crippen LogP contribution in [0.1, 0.15) is 121 Å². The predicted octanol–water partition coefficient (Wildman–Crippen LogP) is -3.71. The van der Waals surface area contributed by atoms with Gasteiger partial charge in [-0.15, -0.1) is 0 Å². The number of carbonyl (C=O) groups excluding carboxylic acids is 13. The van der Waals surface area contributed by atoms with Crippen molar-refractivity contribution in [3.63, 3.8) is 0 Å². The molecule has 95 heavy (non-hydrogen) atoms. The third-order valence-electron chi connectivity index (χ3n) is 16.0. The van der Waals surface area contributed by atoms with Crippen molar-refractivity contribution >= 4 is 94.5 Å². The summed E-state index contributed by atoms with van der Waals surface area (Å²) in [5.41, 5.74) is 40.6. The minimum absolute atomic E-state index is 0.0736. The van der Waals surface area contributed by atoms with Gasteiger partial charge in [-0.3, -0.25) is 67.3 Å². The number of unbranched alkanes of at least 4 members (excludes halogenated alkanes) is 1. The number of aliphatic imine (C=N–C) groups is 1. The minimum Gasteiger partial charge on any atom is -0.370 e. The van der Waals surface area contributed by atoms with Crippen molar-refractivity contribution in [2.45, 2.75) is 183 Å². The van der Waals surface area contributed by atoms with Crippen LogP contribution in [0, 0.1) is 5.92 Å². The Bertz CT molecular complexity index is 2960. The van der Waals surface area contributed by atoms with E-state index in [9.17, 15) is 62.3 Å². The largest absolute Gasteiger partial charge is 0.370 e.